The molecule has 1 aliphatic heterocycles. The lowest BCUT2D eigenvalue weighted by molar-refractivity contribution is -0.119. The molecule has 1 fully saturated rings. The van der Waals surface area contributed by atoms with Gasteiger partial charge in [0.1, 0.15) is 18.0 Å². The summed E-state index contributed by atoms with van der Waals surface area (Å²) in [5.41, 5.74) is 3.30. The van der Waals surface area contributed by atoms with Crippen molar-refractivity contribution in [3.63, 3.8) is 0 Å². The lowest BCUT2D eigenvalue weighted by atomic mass is 10.1. The highest BCUT2D eigenvalue weighted by Crippen LogP contribution is 2.35. The molecule has 202 valence electrons. The summed E-state index contributed by atoms with van der Waals surface area (Å²) in [6, 6.07) is 19.5. The first kappa shape index (κ1) is 27.3. The van der Waals surface area contributed by atoms with Crippen LogP contribution in [-0.2, 0) is 21.4 Å². The van der Waals surface area contributed by atoms with Crippen LogP contribution in [0.1, 0.15) is 30.4 Å². The van der Waals surface area contributed by atoms with Gasteiger partial charge in [-0.1, -0.05) is 29.8 Å². The van der Waals surface area contributed by atoms with E-state index in [-0.39, 0.29) is 22.9 Å². The van der Waals surface area contributed by atoms with E-state index in [1.165, 1.54) is 51.3 Å². The number of amides is 1. The van der Waals surface area contributed by atoms with Gasteiger partial charge < -0.3 is 19.7 Å². The molecule has 4 rings (SSSR count). The van der Waals surface area contributed by atoms with E-state index >= 15 is 0 Å². The Morgan fingerprint density at radius 2 is 1.61 bits per heavy atom. The number of sulfonamides is 1. The summed E-state index contributed by atoms with van der Waals surface area (Å²) in [4.78, 5) is 15.5. The Balaban J connectivity index is 1.53. The second-order valence-electron chi connectivity index (χ2n) is 9.35. The zero-order valence-corrected chi connectivity index (χ0v) is 23.0. The number of anilines is 2. The SMILES string of the molecule is COc1ccc(N(CC(=O)NCc2ccc(N3CCCCC3)cc2)S(=O)(=O)c2ccc(C)cc2)c(OC)c1. The molecule has 8 nitrogen and oxygen atoms in total. The van der Waals surface area contributed by atoms with Gasteiger partial charge in [-0.05, 0) is 68.1 Å². The highest BCUT2D eigenvalue weighted by atomic mass is 32.2. The number of hydrogen-bond donors (Lipinski definition) is 1. The van der Waals surface area contributed by atoms with Crippen LogP contribution >= 0.6 is 0 Å². The van der Waals surface area contributed by atoms with Crippen molar-refractivity contribution in [2.45, 2.75) is 37.6 Å². The number of aryl methyl sites for hydroxylation is 1. The average molecular weight is 538 g/mol. The minimum Gasteiger partial charge on any atom is -0.497 e. The lowest BCUT2D eigenvalue weighted by Crippen LogP contribution is -2.40. The number of piperidine rings is 1. The molecular weight excluding hydrogens is 502 g/mol. The third-order valence-electron chi connectivity index (χ3n) is 6.70. The van der Waals surface area contributed by atoms with Crippen LogP contribution in [0.15, 0.2) is 71.6 Å². The fourth-order valence-corrected chi connectivity index (χ4v) is 5.92. The first-order valence-electron chi connectivity index (χ1n) is 12.7. The number of rotatable bonds is 10. The van der Waals surface area contributed by atoms with E-state index in [0.717, 1.165) is 28.5 Å². The molecule has 1 saturated heterocycles. The molecule has 0 atom stereocenters. The molecule has 0 saturated carbocycles. The quantitative estimate of drug-likeness (QED) is 0.409. The Bertz CT molecular complexity index is 1340. The van der Waals surface area contributed by atoms with Crippen LogP contribution in [0.2, 0.25) is 0 Å². The maximum Gasteiger partial charge on any atom is 0.264 e. The van der Waals surface area contributed by atoms with Crippen molar-refractivity contribution >= 4 is 27.3 Å². The lowest BCUT2D eigenvalue weighted by Gasteiger charge is -2.29. The van der Waals surface area contributed by atoms with E-state index in [4.69, 9.17) is 9.47 Å². The number of carbonyl (C=O) groups is 1. The summed E-state index contributed by atoms with van der Waals surface area (Å²) in [5.74, 6) is 0.357. The van der Waals surface area contributed by atoms with Gasteiger partial charge in [-0.2, -0.15) is 0 Å². The smallest absolute Gasteiger partial charge is 0.264 e. The van der Waals surface area contributed by atoms with Crippen molar-refractivity contribution in [2.75, 3.05) is 43.1 Å². The molecule has 0 bridgehead atoms. The molecular formula is C29H35N3O5S. The molecule has 0 aromatic heterocycles. The van der Waals surface area contributed by atoms with Gasteiger partial charge in [-0.25, -0.2) is 8.42 Å². The second-order valence-corrected chi connectivity index (χ2v) is 11.2. The van der Waals surface area contributed by atoms with Gasteiger partial charge in [-0.3, -0.25) is 9.10 Å². The number of methoxy groups -OCH3 is 2. The van der Waals surface area contributed by atoms with Crippen LogP contribution in [-0.4, -0.2) is 48.2 Å². The molecule has 9 heteroatoms. The predicted octanol–water partition coefficient (Wildman–Crippen LogP) is 4.51. The van der Waals surface area contributed by atoms with Crippen molar-refractivity contribution in [3.8, 4) is 11.5 Å². The van der Waals surface area contributed by atoms with Gasteiger partial charge in [0.15, 0.2) is 0 Å². The molecule has 1 N–H and O–H groups in total. The van der Waals surface area contributed by atoms with Crippen LogP contribution in [0.5, 0.6) is 11.5 Å². The highest BCUT2D eigenvalue weighted by Gasteiger charge is 2.29. The van der Waals surface area contributed by atoms with Crippen molar-refractivity contribution in [3.05, 3.63) is 77.9 Å². The molecule has 1 amide bonds. The number of nitrogens with zero attached hydrogens (tertiary/aromatic N) is 2. The van der Waals surface area contributed by atoms with Gasteiger partial charge in [0, 0.05) is 31.4 Å². The van der Waals surface area contributed by atoms with Crippen LogP contribution in [0.4, 0.5) is 11.4 Å². The van der Waals surface area contributed by atoms with Crippen molar-refractivity contribution in [2.24, 2.45) is 0 Å². The molecule has 38 heavy (non-hydrogen) atoms. The van der Waals surface area contributed by atoms with Crippen LogP contribution in [0.3, 0.4) is 0 Å². The van der Waals surface area contributed by atoms with E-state index in [1.54, 1.807) is 30.3 Å². The third-order valence-corrected chi connectivity index (χ3v) is 8.47. The molecule has 0 unspecified atom stereocenters. The molecule has 3 aromatic rings. The summed E-state index contributed by atoms with van der Waals surface area (Å²) in [6.45, 7) is 3.89. The van der Waals surface area contributed by atoms with Crippen LogP contribution < -0.4 is 24.0 Å². The number of benzene rings is 3. The summed E-state index contributed by atoms with van der Waals surface area (Å²) < 4.78 is 39.2. The summed E-state index contributed by atoms with van der Waals surface area (Å²) in [6.07, 6.45) is 3.69. The van der Waals surface area contributed by atoms with Crippen molar-refractivity contribution in [1.29, 1.82) is 0 Å². The fraction of sp³-hybridized carbons (Fsp3) is 0.345. The van der Waals surface area contributed by atoms with Crippen LogP contribution in [0, 0.1) is 6.92 Å². The Kier molecular flexibility index (Phi) is 8.78. The van der Waals surface area contributed by atoms with E-state index in [9.17, 15) is 13.2 Å². The van der Waals surface area contributed by atoms with Gasteiger partial charge in [0.25, 0.3) is 10.0 Å². The zero-order chi connectivity index (χ0) is 27.1. The largest absolute Gasteiger partial charge is 0.497 e. The summed E-state index contributed by atoms with van der Waals surface area (Å²) >= 11 is 0. The topological polar surface area (TPSA) is 88.2 Å². The predicted molar refractivity (Wildman–Crippen MR) is 150 cm³/mol. The number of nitrogens with one attached hydrogen (secondary N) is 1. The Labute approximate surface area is 225 Å². The number of carbonyl (C=O) groups excluding carboxylic acids is 1. The van der Waals surface area contributed by atoms with Crippen LogP contribution in [0.25, 0.3) is 0 Å². The summed E-state index contributed by atoms with van der Waals surface area (Å²) in [7, 11) is -1.11. The summed E-state index contributed by atoms with van der Waals surface area (Å²) in [5, 5.41) is 2.87. The third kappa shape index (κ3) is 6.39. The van der Waals surface area contributed by atoms with E-state index < -0.39 is 22.5 Å². The Hall–Kier alpha value is -3.72. The van der Waals surface area contributed by atoms with Gasteiger partial charge in [0.05, 0.1) is 24.8 Å². The average Bonchev–Trinajstić information content (AvgIpc) is 2.95. The number of ether oxygens (including phenoxy) is 2. The first-order valence-corrected chi connectivity index (χ1v) is 14.2. The second kappa shape index (κ2) is 12.2. The molecule has 3 aromatic carbocycles. The fourth-order valence-electron chi connectivity index (χ4n) is 4.49. The minimum atomic E-state index is -4.07. The van der Waals surface area contributed by atoms with E-state index in [1.807, 2.05) is 19.1 Å². The molecule has 1 aliphatic rings. The molecule has 1 heterocycles. The van der Waals surface area contributed by atoms with Crippen molar-refractivity contribution < 1.29 is 22.7 Å². The molecule has 0 spiro atoms. The highest BCUT2D eigenvalue weighted by molar-refractivity contribution is 7.92. The van der Waals surface area contributed by atoms with Gasteiger partial charge >= 0.3 is 0 Å². The Morgan fingerprint density at radius 1 is 0.921 bits per heavy atom. The molecule has 0 aliphatic carbocycles. The van der Waals surface area contributed by atoms with E-state index in [0.29, 0.717) is 5.75 Å². The van der Waals surface area contributed by atoms with Gasteiger partial charge in [-0.15, -0.1) is 0 Å². The first-order chi connectivity index (χ1) is 18.3. The standard InChI is InChI=1S/C29H35N3O5S/c1-22-7-14-26(15-8-22)38(34,35)32(27-16-13-25(36-2)19-28(27)37-3)21-29(33)30-20-23-9-11-24(12-10-23)31-17-5-4-6-18-31/h7-16,19H,4-6,17-18,20-21H2,1-3H3,(H,30,33). The Morgan fingerprint density at radius 3 is 2.24 bits per heavy atom. The zero-order valence-electron chi connectivity index (χ0n) is 22.1. The maximum absolute atomic E-state index is 13.7. The van der Waals surface area contributed by atoms with Crippen molar-refractivity contribution in [1.82, 2.24) is 5.32 Å². The molecule has 0 radical (unpaired) electrons. The van der Waals surface area contributed by atoms with E-state index in [2.05, 4.69) is 22.3 Å². The maximum atomic E-state index is 13.7. The normalized spacial score (nSPS) is 13.6. The monoisotopic (exact) mass is 537 g/mol. The van der Waals surface area contributed by atoms with Gasteiger partial charge in [0.2, 0.25) is 5.91 Å². The minimum absolute atomic E-state index is 0.0853. The number of hydrogen-bond acceptors (Lipinski definition) is 6.